The first-order chi connectivity index (χ1) is 8.11. The van der Waals surface area contributed by atoms with Crippen LogP contribution in [0.3, 0.4) is 0 Å². The van der Waals surface area contributed by atoms with E-state index in [1.54, 1.807) is 6.07 Å². The van der Waals surface area contributed by atoms with Gasteiger partial charge in [0.25, 0.3) is 0 Å². The molecule has 0 saturated carbocycles. The summed E-state index contributed by atoms with van der Waals surface area (Å²) < 4.78 is 54.0. The van der Waals surface area contributed by atoms with Gasteiger partial charge in [0.05, 0.1) is 5.56 Å². The molecule has 0 aliphatic heterocycles. The van der Waals surface area contributed by atoms with Crippen molar-refractivity contribution in [2.24, 2.45) is 0 Å². The van der Waals surface area contributed by atoms with Gasteiger partial charge in [0.15, 0.2) is 17.8 Å². The molecular weight excluding hydrogens is 232 g/mol. The van der Waals surface area contributed by atoms with Crippen molar-refractivity contribution in [3.8, 4) is 0 Å². The van der Waals surface area contributed by atoms with Gasteiger partial charge in [-0.15, -0.1) is 0 Å². The van der Waals surface area contributed by atoms with E-state index >= 15 is 0 Å². The average molecular weight is 238 g/mol. The number of allylic oxidation sites excluding steroid dienone is 1. The van der Waals surface area contributed by atoms with Gasteiger partial charge >= 0.3 is 0 Å². The van der Waals surface area contributed by atoms with Gasteiger partial charge < -0.3 is 0 Å². The molecule has 3 rings (SSSR count). The second kappa shape index (κ2) is 3.32. The van der Waals surface area contributed by atoms with Crippen LogP contribution in [0.15, 0.2) is 36.2 Å². The number of hydrogen-bond acceptors (Lipinski definition) is 0. The molecule has 0 spiro atoms. The molecule has 0 radical (unpaired) electrons. The first-order valence-corrected chi connectivity index (χ1v) is 5.02. The van der Waals surface area contributed by atoms with Crippen LogP contribution in [0.5, 0.6) is 0 Å². The Morgan fingerprint density at radius 1 is 0.941 bits per heavy atom. The second-order valence-electron chi connectivity index (χ2n) is 3.89. The molecule has 1 aliphatic rings. The maximum absolute atomic E-state index is 13.6. The predicted molar refractivity (Wildman–Crippen MR) is 56.9 cm³/mol. The highest BCUT2D eigenvalue weighted by Crippen LogP contribution is 2.45. The minimum Gasteiger partial charge on any atom is -0.234 e. The van der Waals surface area contributed by atoms with Crippen molar-refractivity contribution in [2.45, 2.75) is 6.17 Å². The normalized spacial score (nSPS) is 18.9. The van der Waals surface area contributed by atoms with Crippen molar-refractivity contribution >= 4 is 16.6 Å². The molecule has 2 aromatic carbocycles. The summed E-state index contributed by atoms with van der Waals surface area (Å²) in [5.74, 6) is -3.89. The number of rotatable bonds is 0. The smallest absolute Gasteiger partial charge is 0.180 e. The Morgan fingerprint density at radius 3 is 2.47 bits per heavy atom. The lowest BCUT2D eigenvalue weighted by atomic mass is 9.90. The first-order valence-electron chi connectivity index (χ1n) is 5.02. The van der Waals surface area contributed by atoms with Gasteiger partial charge in [-0.2, -0.15) is 0 Å². The highest BCUT2D eigenvalue weighted by atomic mass is 19.2. The summed E-state index contributed by atoms with van der Waals surface area (Å²) >= 11 is 0. The van der Waals surface area contributed by atoms with Gasteiger partial charge in [-0.05, 0) is 11.5 Å². The Kier molecular flexibility index (Phi) is 2.02. The Labute approximate surface area is 94.2 Å². The monoisotopic (exact) mass is 238 g/mol. The van der Waals surface area contributed by atoms with Gasteiger partial charge in [-0.25, -0.2) is 17.6 Å². The summed E-state index contributed by atoms with van der Waals surface area (Å²) in [6.45, 7) is 0. The lowest BCUT2D eigenvalue weighted by Crippen LogP contribution is -2.05. The third-order valence-electron chi connectivity index (χ3n) is 2.95. The van der Waals surface area contributed by atoms with Crippen molar-refractivity contribution in [1.82, 2.24) is 0 Å². The predicted octanol–water partition coefficient (Wildman–Crippen LogP) is 4.61. The quantitative estimate of drug-likeness (QED) is 0.588. The highest BCUT2D eigenvalue weighted by molar-refractivity contribution is 5.98. The molecule has 1 atom stereocenters. The van der Waals surface area contributed by atoms with Gasteiger partial charge in [0, 0.05) is 10.9 Å². The van der Waals surface area contributed by atoms with E-state index in [4.69, 9.17) is 0 Å². The number of alkyl halides is 1. The Hall–Kier alpha value is -1.84. The van der Waals surface area contributed by atoms with E-state index in [2.05, 4.69) is 0 Å². The molecular formula is C13H6F4. The lowest BCUT2D eigenvalue weighted by Gasteiger charge is -2.19. The largest absolute Gasteiger partial charge is 0.234 e. The summed E-state index contributed by atoms with van der Waals surface area (Å²) in [7, 11) is 0. The van der Waals surface area contributed by atoms with Crippen LogP contribution in [0.2, 0.25) is 0 Å². The first kappa shape index (κ1) is 10.3. The minimum atomic E-state index is -2.16. The van der Waals surface area contributed by atoms with Crippen LogP contribution >= 0.6 is 0 Å². The minimum absolute atomic E-state index is 0.0316. The molecule has 1 unspecified atom stereocenters. The fourth-order valence-corrected chi connectivity index (χ4v) is 2.18. The van der Waals surface area contributed by atoms with Crippen LogP contribution in [0, 0.1) is 5.82 Å². The van der Waals surface area contributed by atoms with Crippen LogP contribution in [-0.4, -0.2) is 0 Å². The number of hydrogen-bond donors (Lipinski definition) is 0. The van der Waals surface area contributed by atoms with Crippen molar-refractivity contribution in [1.29, 1.82) is 0 Å². The van der Waals surface area contributed by atoms with Crippen molar-refractivity contribution in [2.75, 3.05) is 0 Å². The van der Waals surface area contributed by atoms with Crippen molar-refractivity contribution < 1.29 is 17.6 Å². The molecule has 0 amide bonds. The molecule has 2 aromatic rings. The highest BCUT2D eigenvalue weighted by Gasteiger charge is 2.32. The molecule has 0 saturated heterocycles. The van der Waals surface area contributed by atoms with E-state index in [0.29, 0.717) is 5.39 Å². The fourth-order valence-electron chi connectivity index (χ4n) is 2.18. The molecule has 0 nitrogen and oxygen atoms in total. The molecule has 0 fully saturated rings. The third-order valence-corrected chi connectivity index (χ3v) is 2.95. The van der Waals surface area contributed by atoms with Crippen LogP contribution in [0.25, 0.3) is 16.6 Å². The molecule has 0 N–H and O–H groups in total. The SMILES string of the molecule is FC1=C(F)C(F)c2cccc3ccc(F)c1c23. The van der Waals surface area contributed by atoms with E-state index in [1.807, 2.05) is 0 Å². The van der Waals surface area contributed by atoms with Crippen molar-refractivity contribution in [3.05, 3.63) is 53.1 Å². The van der Waals surface area contributed by atoms with E-state index in [9.17, 15) is 17.6 Å². The van der Waals surface area contributed by atoms with E-state index in [-0.39, 0.29) is 10.9 Å². The van der Waals surface area contributed by atoms with E-state index < -0.39 is 29.2 Å². The molecule has 17 heavy (non-hydrogen) atoms. The van der Waals surface area contributed by atoms with Gasteiger partial charge in [-0.3, -0.25) is 0 Å². The van der Waals surface area contributed by atoms with Gasteiger partial charge in [0.1, 0.15) is 5.82 Å². The Bertz CT molecular complexity index is 658. The average Bonchev–Trinajstić information content (AvgIpc) is 2.34. The standard InChI is InChI=1S/C13H6F4/c14-8-5-4-6-2-1-3-7-9(6)10(8)12(16)13(17)11(7)15/h1-5,11H. The van der Waals surface area contributed by atoms with Crippen LogP contribution in [-0.2, 0) is 0 Å². The van der Waals surface area contributed by atoms with Crippen LogP contribution < -0.4 is 0 Å². The maximum atomic E-state index is 13.6. The van der Waals surface area contributed by atoms with Gasteiger partial charge in [-0.1, -0.05) is 24.3 Å². The molecule has 1 aliphatic carbocycles. The topological polar surface area (TPSA) is 0 Å². The zero-order valence-corrected chi connectivity index (χ0v) is 8.48. The Balaban J connectivity index is 2.56. The molecule has 4 heteroatoms. The number of benzene rings is 2. The fraction of sp³-hybridized carbons (Fsp3) is 0.0769. The summed E-state index contributed by atoms with van der Waals surface area (Å²) in [5, 5.41) is 0.600. The summed E-state index contributed by atoms with van der Waals surface area (Å²) in [6, 6.07) is 6.93. The molecule has 0 bridgehead atoms. The number of halogens is 4. The second-order valence-corrected chi connectivity index (χ2v) is 3.89. The zero-order chi connectivity index (χ0) is 12.2. The van der Waals surface area contributed by atoms with E-state index in [1.165, 1.54) is 18.2 Å². The Morgan fingerprint density at radius 2 is 1.71 bits per heavy atom. The summed E-state index contributed by atoms with van der Waals surface area (Å²) in [6.07, 6.45) is -2.16. The van der Waals surface area contributed by atoms with Crippen molar-refractivity contribution in [3.63, 3.8) is 0 Å². The molecule has 0 heterocycles. The third kappa shape index (κ3) is 1.24. The lowest BCUT2D eigenvalue weighted by molar-refractivity contribution is 0.330. The summed E-state index contributed by atoms with van der Waals surface area (Å²) in [5.41, 5.74) is -0.514. The van der Waals surface area contributed by atoms with Gasteiger partial charge in [0.2, 0.25) is 0 Å². The van der Waals surface area contributed by atoms with Crippen LogP contribution in [0.1, 0.15) is 17.3 Å². The maximum Gasteiger partial charge on any atom is 0.180 e. The van der Waals surface area contributed by atoms with Crippen LogP contribution in [0.4, 0.5) is 17.6 Å². The van der Waals surface area contributed by atoms with E-state index in [0.717, 1.165) is 6.07 Å². The summed E-state index contributed by atoms with van der Waals surface area (Å²) in [4.78, 5) is 0. The zero-order valence-electron chi connectivity index (χ0n) is 8.48. The molecule has 86 valence electrons. The molecule has 0 aromatic heterocycles.